The molecular weight excluding hydrogens is 166 g/mol. The summed E-state index contributed by atoms with van der Waals surface area (Å²) in [5.41, 5.74) is 0. The van der Waals surface area contributed by atoms with E-state index < -0.39 is 0 Å². The summed E-state index contributed by atoms with van der Waals surface area (Å²) in [4.78, 5) is 10.9. The van der Waals surface area contributed by atoms with Gasteiger partial charge in [0.05, 0.1) is 0 Å². The van der Waals surface area contributed by atoms with Gasteiger partial charge in [0.1, 0.15) is 0 Å². The molecule has 0 saturated carbocycles. The third-order valence-electron chi connectivity index (χ3n) is 2.13. The molecule has 0 unspecified atom stereocenters. The lowest BCUT2D eigenvalue weighted by molar-refractivity contribution is -0.181. The first-order valence-corrected chi connectivity index (χ1v) is 4.99. The molecule has 0 aliphatic heterocycles. The molecule has 4 nitrogen and oxygen atoms in total. The molecule has 1 amide bonds. The lowest BCUT2D eigenvalue weighted by Crippen LogP contribution is -2.52. The third-order valence-corrected chi connectivity index (χ3v) is 2.13. The van der Waals surface area contributed by atoms with Gasteiger partial charge in [-0.2, -0.15) is 0 Å². The quantitative estimate of drug-likeness (QED) is 0.439. The van der Waals surface area contributed by atoms with Gasteiger partial charge >= 0.3 is 0 Å². The average Bonchev–Trinajstić information content (AvgIpc) is 2.18. The van der Waals surface area contributed by atoms with Crippen LogP contribution in [0.1, 0.15) is 27.7 Å². The van der Waals surface area contributed by atoms with Crippen LogP contribution >= 0.6 is 0 Å². The Bertz CT molecular complexity index is 121. The molecule has 0 spiro atoms. The fourth-order valence-corrected chi connectivity index (χ4v) is 1.34. The number of carbonyl (C=O) groups is 1. The molecule has 0 aliphatic carbocycles. The molecule has 0 aromatic rings. The first-order valence-electron chi connectivity index (χ1n) is 4.99. The predicted octanol–water partition coefficient (Wildman–Crippen LogP) is 0.958. The number of hydrazine groups is 2. The highest BCUT2D eigenvalue weighted by Gasteiger charge is 2.15. The van der Waals surface area contributed by atoms with Crippen molar-refractivity contribution in [2.45, 2.75) is 27.7 Å². The van der Waals surface area contributed by atoms with Crippen molar-refractivity contribution >= 4 is 6.41 Å². The Hall–Kier alpha value is -0.610. The van der Waals surface area contributed by atoms with E-state index in [1.807, 2.05) is 37.7 Å². The smallest absolute Gasteiger partial charge is 0.239 e. The van der Waals surface area contributed by atoms with E-state index in [2.05, 4.69) is 0 Å². The molecule has 0 N–H and O–H groups in total. The van der Waals surface area contributed by atoms with Gasteiger partial charge in [0, 0.05) is 26.2 Å². The molecular formula is C9H21N3O. The maximum Gasteiger partial charge on any atom is 0.239 e. The lowest BCUT2D eigenvalue weighted by Gasteiger charge is -2.37. The summed E-state index contributed by atoms with van der Waals surface area (Å²) in [7, 11) is 0. The van der Waals surface area contributed by atoms with Gasteiger partial charge in [-0.1, -0.05) is 27.7 Å². The van der Waals surface area contributed by atoms with Gasteiger partial charge in [0.15, 0.2) is 0 Å². The summed E-state index contributed by atoms with van der Waals surface area (Å²) in [6.45, 7) is 11.6. The van der Waals surface area contributed by atoms with E-state index in [-0.39, 0.29) is 0 Å². The lowest BCUT2D eigenvalue weighted by atomic mass is 10.6. The van der Waals surface area contributed by atoms with Crippen molar-refractivity contribution in [3.05, 3.63) is 0 Å². The van der Waals surface area contributed by atoms with Gasteiger partial charge in [0.25, 0.3) is 0 Å². The van der Waals surface area contributed by atoms with Gasteiger partial charge < -0.3 is 0 Å². The highest BCUT2D eigenvalue weighted by atomic mass is 16.2. The van der Waals surface area contributed by atoms with Crippen molar-refractivity contribution in [1.82, 2.24) is 15.1 Å². The highest BCUT2D eigenvalue weighted by molar-refractivity contribution is 5.45. The summed E-state index contributed by atoms with van der Waals surface area (Å²) in [6, 6.07) is 0. The topological polar surface area (TPSA) is 26.8 Å². The van der Waals surface area contributed by atoms with E-state index in [0.717, 1.165) is 32.6 Å². The molecule has 0 aromatic carbocycles. The minimum absolute atomic E-state index is 0.853. The van der Waals surface area contributed by atoms with Crippen LogP contribution in [0.5, 0.6) is 0 Å². The molecule has 4 heteroatoms. The summed E-state index contributed by atoms with van der Waals surface area (Å²) >= 11 is 0. The minimum Gasteiger partial charge on any atom is -0.276 e. The van der Waals surface area contributed by atoms with E-state index in [1.54, 1.807) is 5.12 Å². The van der Waals surface area contributed by atoms with Crippen LogP contribution in [0.4, 0.5) is 0 Å². The molecule has 78 valence electrons. The van der Waals surface area contributed by atoms with Crippen LogP contribution in [-0.4, -0.2) is 47.7 Å². The van der Waals surface area contributed by atoms with E-state index in [1.165, 1.54) is 0 Å². The summed E-state index contributed by atoms with van der Waals surface area (Å²) in [6.07, 6.45) is 0.875. The Morgan fingerprint density at radius 2 is 1.15 bits per heavy atom. The third kappa shape index (κ3) is 3.32. The van der Waals surface area contributed by atoms with Gasteiger partial charge in [-0.15, -0.1) is 0 Å². The number of hydrogen-bond donors (Lipinski definition) is 0. The van der Waals surface area contributed by atoms with Gasteiger partial charge in [-0.25, -0.2) is 15.1 Å². The Balaban J connectivity index is 4.34. The Kier molecular flexibility index (Phi) is 6.54. The molecule has 0 atom stereocenters. The molecule has 0 fully saturated rings. The molecule has 13 heavy (non-hydrogen) atoms. The maximum atomic E-state index is 10.9. The van der Waals surface area contributed by atoms with Gasteiger partial charge in [-0.3, -0.25) is 4.79 Å². The van der Waals surface area contributed by atoms with Crippen molar-refractivity contribution in [2.75, 3.05) is 26.2 Å². The van der Waals surface area contributed by atoms with Crippen LogP contribution in [0.15, 0.2) is 0 Å². The van der Waals surface area contributed by atoms with Crippen LogP contribution in [0.25, 0.3) is 0 Å². The standard InChI is InChI=1S/C9H21N3O/c1-5-10(6-2)12(9-13)11(7-3)8-4/h9H,5-8H2,1-4H3. The number of carbonyl (C=O) groups excluding carboxylic acids is 1. The largest absolute Gasteiger partial charge is 0.276 e. The van der Waals surface area contributed by atoms with Crippen LogP contribution in [-0.2, 0) is 4.79 Å². The monoisotopic (exact) mass is 187 g/mol. The van der Waals surface area contributed by atoms with E-state index in [9.17, 15) is 4.79 Å². The van der Waals surface area contributed by atoms with E-state index in [0.29, 0.717) is 0 Å². The van der Waals surface area contributed by atoms with Crippen LogP contribution < -0.4 is 0 Å². The number of amides is 1. The summed E-state index contributed by atoms with van der Waals surface area (Å²) in [5, 5.41) is 5.67. The second kappa shape index (κ2) is 6.86. The second-order valence-corrected chi connectivity index (χ2v) is 2.70. The van der Waals surface area contributed by atoms with Crippen molar-refractivity contribution in [2.24, 2.45) is 0 Å². The molecule has 0 radical (unpaired) electrons. The zero-order valence-corrected chi connectivity index (χ0v) is 9.16. The molecule has 0 saturated heterocycles. The fourth-order valence-electron chi connectivity index (χ4n) is 1.34. The SMILES string of the molecule is CCN(CC)N(C=O)N(CC)CC. The van der Waals surface area contributed by atoms with Crippen molar-refractivity contribution in [3.63, 3.8) is 0 Å². The predicted molar refractivity (Wildman–Crippen MR) is 53.7 cm³/mol. The Morgan fingerprint density at radius 1 is 0.846 bits per heavy atom. The van der Waals surface area contributed by atoms with E-state index >= 15 is 0 Å². The first kappa shape index (κ1) is 12.4. The van der Waals surface area contributed by atoms with Crippen LogP contribution in [0.2, 0.25) is 0 Å². The number of nitrogens with zero attached hydrogens (tertiary/aromatic N) is 3. The number of hydrogen-bond acceptors (Lipinski definition) is 3. The van der Waals surface area contributed by atoms with Crippen molar-refractivity contribution in [1.29, 1.82) is 0 Å². The van der Waals surface area contributed by atoms with Gasteiger partial charge in [0.2, 0.25) is 6.41 Å². The average molecular weight is 187 g/mol. The zero-order valence-electron chi connectivity index (χ0n) is 9.16. The van der Waals surface area contributed by atoms with Crippen LogP contribution in [0, 0.1) is 0 Å². The molecule has 0 aromatic heterocycles. The molecule has 0 bridgehead atoms. The first-order chi connectivity index (χ1) is 6.24. The Morgan fingerprint density at radius 3 is 1.31 bits per heavy atom. The minimum atomic E-state index is 0.853. The second-order valence-electron chi connectivity index (χ2n) is 2.70. The van der Waals surface area contributed by atoms with Crippen molar-refractivity contribution < 1.29 is 4.79 Å². The summed E-state index contributed by atoms with van der Waals surface area (Å²) in [5.74, 6) is 0. The van der Waals surface area contributed by atoms with Gasteiger partial charge in [-0.05, 0) is 0 Å². The highest BCUT2D eigenvalue weighted by Crippen LogP contribution is 2.00. The number of rotatable bonds is 7. The van der Waals surface area contributed by atoms with E-state index in [4.69, 9.17) is 0 Å². The Labute approximate surface area is 81.0 Å². The fraction of sp³-hybridized carbons (Fsp3) is 0.889. The summed E-state index contributed by atoms with van der Waals surface area (Å²) < 4.78 is 0. The molecule has 0 aliphatic rings. The van der Waals surface area contributed by atoms with Crippen molar-refractivity contribution in [3.8, 4) is 0 Å². The normalized spacial score (nSPS) is 10.9. The molecule has 0 rings (SSSR count). The maximum absolute atomic E-state index is 10.9. The van der Waals surface area contributed by atoms with Crippen LogP contribution in [0.3, 0.4) is 0 Å². The molecule has 0 heterocycles. The zero-order chi connectivity index (χ0) is 10.3.